The molecule has 1 saturated heterocycles. The van der Waals surface area contributed by atoms with Gasteiger partial charge in [-0.15, -0.1) is 0 Å². The van der Waals surface area contributed by atoms with Gasteiger partial charge in [-0.3, -0.25) is 14.6 Å². The van der Waals surface area contributed by atoms with Crippen LogP contribution in [0.5, 0.6) is 0 Å². The Morgan fingerprint density at radius 2 is 1.56 bits per heavy atom. The van der Waals surface area contributed by atoms with Crippen LogP contribution in [-0.2, 0) is 22.4 Å². The number of carbonyl (C=O) groups is 2. The third kappa shape index (κ3) is 4.69. The van der Waals surface area contributed by atoms with E-state index in [4.69, 9.17) is 5.73 Å². The predicted octanol–water partition coefficient (Wildman–Crippen LogP) is 3.77. The second kappa shape index (κ2) is 9.30. The first-order valence-corrected chi connectivity index (χ1v) is 10.8. The zero-order valence-electron chi connectivity index (χ0n) is 17.8. The summed E-state index contributed by atoms with van der Waals surface area (Å²) < 4.78 is 13.9. The number of aromatic nitrogens is 1. The molecular weight excluding hydrogens is 405 g/mol. The second-order valence-electron chi connectivity index (χ2n) is 8.40. The van der Waals surface area contributed by atoms with Crippen LogP contribution in [0.2, 0.25) is 0 Å². The molecule has 2 N–H and O–H groups in total. The minimum atomic E-state index is -0.688. The Labute approximate surface area is 187 Å². The van der Waals surface area contributed by atoms with Gasteiger partial charge < -0.3 is 10.6 Å². The maximum absolute atomic E-state index is 13.9. The number of carbonyl (C=O) groups excluding carboxylic acids is 2. The van der Waals surface area contributed by atoms with Crippen molar-refractivity contribution in [3.8, 4) is 11.1 Å². The number of pyridine rings is 1. The highest BCUT2D eigenvalue weighted by Gasteiger charge is 2.40. The van der Waals surface area contributed by atoms with Gasteiger partial charge in [0.05, 0.1) is 11.8 Å². The van der Waals surface area contributed by atoms with Crippen LogP contribution in [0.15, 0.2) is 73.1 Å². The van der Waals surface area contributed by atoms with Crippen LogP contribution < -0.4 is 5.73 Å². The maximum atomic E-state index is 13.9. The first-order valence-electron chi connectivity index (χ1n) is 10.8. The van der Waals surface area contributed by atoms with Gasteiger partial charge in [-0.05, 0) is 59.7 Å². The molecule has 3 aromatic rings. The highest BCUT2D eigenvalue weighted by atomic mass is 19.1. The van der Waals surface area contributed by atoms with E-state index < -0.39 is 5.41 Å². The lowest BCUT2D eigenvalue weighted by Gasteiger charge is -2.40. The van der Waals surface area contributed by atoms with E-state index >= 15 is 0 Å². The van der Waals surface area contributed by atoms with E-state index in [-0.39, 0.29) is 24.1 Å². The van der Waals surface area contributed by atoms with Crippen LogP contribution in [0.25, 0.3) is 11.1 Å². The lowest BCUT2D eigenvalue weighted by atomic mass is 9.73. The van der Waals surface area contributed by atoms with Gasteiger partial charge in [0.25, 0.3) is 0 Å². The second-order valence-corrected chi connectivity index (χ2v) is 8.40. The van der Waals surface area contributed by atoms with Crippen LogP contribution in [0.1, 0.15) is 24.0 Å². The molecular formula is C26H26FN3O2. The Bertz CT molecular complexity index is 1090. The van der Waals surface area contributed by atoms with Gasteiger partial charge in [0, 0.05) is 25.5 Å². The molecule has 32 heavy (non-hydrogen) atoms. The summed E-state index contributed by atoms with van der Waals surface area (Å²) in [5.41, 5.74) is 8.73. The number of rotatable bonds is 6. The third-order valence-corrected chi connectivity index (χ3v) is 6.41. The summed E-state index contributed by atoms with van der Waals surface area (Å²) in [5, 5.41) is 0. The molecule has 1 aromatic heterocycles. The molecule has 6 heteroatoms. The fraction of sp³-hybridized carbons (Fsp3) is 0.269. The van der Waals surface area contributed by atoms with Crippen LogP contribution in [-0.4, -0.2) is 34.8 Å². The van der Waals surface area contributed by atoms with E-state index in [1.165, 1.54) is 6.07 Å². The van der Waals surface area contributed by atoms with E-state index in [1.807, 2.05) is 36.4 Å². The Balaban J connectivity index is 1.41. The topological polar surface area (TPSA) is 76.3 Å². The van der Waals surface area contributed by atoms with Gasteiger partial charge in [-0.2, -0.15) is 0 Å². The predicted molar refractivity (Wildman–Crippen MR) is 121 cm³/mol. The number of halogens is 1. The summed E-state index contributed by atoms with van der Waals surface area (Å²) in [6.07, 6.45) is 5.06. The van der Waals surface area contributed by atoms with Crippen molar-refractivity contribution in [3.63, 3.8) is 0 Å². The molecule has 0 aliphatic carbocycles. The number of nitrogens with two attached hydrogens (primary N) is 1. The highest BCUT2D eigenvalue weighted by molar-refractivity contribution is 5.83. The number of hydrogen-bond acceptors (Lipinski definition) is 3. The summed E-state index contributed by atoms with van der Waals surface area (Å²) in [5.74, 6) is -0.841. The number of benzene rings is 2. The van der Waals surface area contributed by atoms with E-state index in [0.717, 1.165) is 16.7 Å². The largest absolute Gasteiger partial charge is 0.369 e. The SMILES string of the molecule is NC(=O)C1(Cc2ccc(-c3ccncc3)cc2)CCN(C(=O)Cc2ccccc2F)CC1. The fourth-order valence-electron chi connectivity index (χ4n) is 4.36. The van der Waals surface area contributed by atoms with Crippen molar-refractivity contribution in [2.45, 2.75) is 25.7 Å². The van der Waals surface area contributed by atoms with Crippen molar-refractivity contribution in [2.75, 3.05) is 13.1 Å². The van der Waals surface area contributed by atoms with Crippen molar-refractivity contribution in [1.82, 2.24) is 9.88 Å². The minimum absolute atomic E-state index is 0.0205. The maximum Gasteiger partial charge on any atom is 0.227 e. The molecule has 0 unspecified atom stereocenters. The summed E-state index contributed by atoms with van der Waals surface area (Å²) in [6.45, 7) is 0.872. The van der Waals surface area contributed by atoms with Crippen LogP contribution in [0, 0.1) is 11.2 Å². The van der Waals surface area contributed by atoms with Gasteiger partial charge in [0.15, 0.2) is 0 Å². The Morgan fingerprint density at radius 3 is 2.19 bits per heavy atom. The molecule has 2 aromatic carbocycles. The number of primary amides is 1. The Hall–Kier alpha value is -3.54. The average molecular weight is 432 g/mol. The number of amides is 2. The molecule has 4 rings (SSSR count). The molecule has 1 aliphatic rings. The summed E-state index contributed by atoms with van der Waals surface area (Å²) >= 11 is 0. The highest BCUT2D eigenvalue weighted by Crippen LogP contribution is 2.35. The summed E-state index contributed by atoms with van der Waals surface area (Å²) in [6, 6.07) is 18.3. The first kappa shape index (κ1) is 21.7. The van der Waals surface area contributed by atoms with Gasteiger partial charge in [-0.25, -0.2) is 4.39 Å². The smallest absolute Gasteiger partial charge is 0.227 e. The van der Waals surface area contributed by atoms with E-state index in [9.17, 15) is 14.0 Å². The molecule has 164 valence electrons. The molecule has 0 radical (unpaired) electrons. The van der Waals surface area contributed by atoms with Gasteiger partial charge >= 0.3 is 0 Å². The van der Waals surface area contributed by atoms with Crippen molar-refractivity contribution < 1.29 is 14.0 Å². The Morgan fingerprint density at radius 1 is 0.938 bits per heavy atom. The summed E-state index contributed by atoms with van der Waals surface area (Å²) in [4.78, 5) is 30.9. The van der Waals surface area contributed by atoms with Crippen molar-refractivity contribution in [1.29, 1.82) is 0 Å². The van der Waals surface area contributed by atoms with E-state index in [1.54, 1.807) is 35.5 Å². The number of nitrogens with zero attached hydrogens (tertiary/aromatic N) is 2. The van der Waals surface area contributed by atoms with Crippen molar-refractivity contribution in [2.24, 2.45) is 11.1 Å². The zero-order valence-corrected chi connectivity index (χ0v) is 17.8. The average Bonchev–Trinajstić information content (AvgIpc) is 2.82. The molecule has 0 saturated carbocycles. The van der Waals surface area contributed by atoms with Crippen molar-refractivity contribution in [3.05, 3.63) is 90.0 Å². The molecule has 1 fully saturated rings. The molecule has 1 aliphatic heterocycles. The first-order chi connectivity index (χ1) is 15.5. The molecule has 0 spiro atoms. The zero-order chi connectivity index (χ0) is 22.6. The lowest BCUT2D eigenvalue weighted by molar-refractivity contribution is -0.138. The monoisotopic (exact) mass is 431 g/mol. The molecule has 2 heterocycles. The Kier molecular flexibility index (Phi) is 6.30. The normalized spacial score (nSPS) is 15.3. The van der Waals surface area contributed by atoms with Crippen LogP contribution in [0.3, 0.4) is 0 Å². The third-order valence-electron chi connectivity index (χ3n) is 6.41. The number of likely N-dealkylation sites (tertiary alicyclic amines) is 1. The molecule has 0 atom stereocenters. The standard InChI is InChI=1S/C26H26FN3O2/c27-23-4-2-1-3-22(23)17-24(31)30-15-11-26(12-16-30,25(28)32)18-19-5-7-20(8-6-19)21-9-13-29-14-10-21/h1-10,13-14H,11-12,15-18H2,(H2,28,32). The van der Waals surface area contributed by atoms with Gasteiger partial charge in [-0.1, -0.05) is 42.5 Å². The van der Waals surface area contributed by atoms with E-state index in [2.05, 4.69) is 4.98 Å². The minimum Gasteiger partial charge on any atom is -0.369 e. The van der Waals surface area contributed by atoms with Gasteiger partial charge in [0.1, 0.15) is 5.82 Å². The number of hydrogen-bond donors (Lipinski definition) is 1. The van der Waals surface area contributed by atoms with Crippen LogP contribution in [0.4, 0.5) is 4.39 Å². The van der Waals surface area contributed by atoms with Crippen molar-refractivity contribution >= 4 is 11.8 Å². The van der Waals surface area contributed by atoms with Crippen LogP contribution >= 0.6 is 0 Å². The van der Waals surface area contributed by atoms with E-state index in [0.29, 0.717) is 37.9 Å². The molecule has 0 bridgehead atoms. The molecule has 2 amide bonds. The quantitative estimate of drug-likeness (QED) is 0.646. The number of piperidine rings is 1. The summed E-state index contributed by atoms with van der Waals surface area (Å²) in [7, 11) is 0. The molecule has 5 nitrogen and oxygen atoms in total. The van der Waals surface area contributed by atoms with Gasteiger partial charge in [0.2, 0.25) is 11.8 Å². The fourth-order valence-corrected chi connectivity index (χ4v) is 4.36. The lowest BCUT2D eigenvalue weighted by Crippen LogP contribution is -2.50.